The highest BCUT2D eigenvalue weighted by atomic mass is 16.5. The van der Waals surface area contributed by atoms with Crippen LogP contribution in [0.15, 0.2) is 24.3 Å². The summed E-state index contributed by atoms with van der Waals surface area (Å²) in [6.07, 6.45) is 12.5. The van der Waals surface area contributed by atoms with Crippen molar-refractivity contribution in [1.29, 1.82) is 0 Å². The van der Waals surface area contributed by atoms with Crippen LogP contribution in [0.5, 0.6) is 0 Å². The fourth-order valence-corrected chi connectivity index (χ4v) is 6.09. The minimum atomic E-state index is -0.540. The largest absolute Gasteiger partial charge is 0.462 e. The summed E-state index contributed by atoms with van der Waals surface area (Å²) in [5.74, 6) is -0.0832. The minimum Gasteiger partial charge on any atom is -0.462 e. The van der Waals surface area contributed by atoms with Gasteiger partial charge in [0.25, 0.3) is 0 Å². The molecule has 3 rings (SSSR count). The molecule has 2 heterocycles. The summed E-state index contributed by atoms with van der Waals surface area (Å²) in [6.45, 7) is 13.8. The quantitative estimate of drug-likeness (QED) is 0.393. The van der Waals surface area contributed by atoms with Gasteiger partial charge in [0.2, 0.25) is 0 Å². The van der Waals surface area contributed by atoms with Gasteiger partial charge >= 0.3 is 5.97 Å². The van der Waals surface area contributed by atoms with Crippen LogP contribution in [-0.4, -0.2) is 30.6 Å². The highest BCUT2D eigenvalue weighted by Gasteiger charge is 2.46. The molecule has 36 heavy (non-hydrogen) atoms. The summed E-state index contributed by atoms with van der Waals surface area (Å²) >= 11 is 0. The van der Waals surface area contributed by atoms with Crippen LogP contribution in [0.3, 0.4) is 0 Å². The number of hydrogen-bond donors (Lipinski definition) is 0. The van der Waals surface area contributed by atoms with Crippen LogP contribution < -0.4 is 0 Å². The Morgan fingerprint density at radius 2 is 1.36 bits per heavy atom. The van der Waals surface area contributed by atoms with E-state index in [0.29, 0.717) is 12.2 Å². The SMILES string of the molecule is CC(C)(C)CCOC(=O)c1ccc(C23CCCCCCCC(C(C)(C)C)(CCCC2)OCC3=O)cc1. The topological polar surface area (TPSA) is 52.6 Å². The molecule has 0 aliphatic carbocycles. The van der Waals surface area contributed by atoms with E-state index in [2.05, 4.69) is 41.5 Å². The molecule has 0 aromatic heterocycles. The van der Waals surface area contributed by atoms with E-state index in [1.54, 1.807) is 0 Å². The molecule has 2 unspecified atom stereocenters. The van der Waals surface area contributed by atoms with Crippen LogP contribution in [0.4, 0.5) is 0 Å². The van der Waals surface area contributed by atoms with E-state index in [9.17, 15) is 9.59 Å². The van der Waals surface area contributed by atoms with Crippen LogP contribution in [0.2, 0.25) is 0 Å². The van der Waals surface area contributed by atoms with Gasteiger partial charge < -0.3 is 9.47 Å². The summed E-state index contributed by atoms with van der Waals surface area (Å²) in [5.41, 5.74) is 0.902. The number of benzene rings is 1. The van der Waals surface area contributed by atoms with Crippen molar-refractivity contribution in [2.45, 2.75) is 130 Å². The van der Waals surface area contributed by atoms with Gasteiger partial charge in [-0.15, -0.1) is 0 Å². The molecule has 0 spiro atoms. The predicted molar refractivity (Wildman–Crippen MR) is 146 cm³/mol. The monoisotopic (exact) mass is 498 g/mol. The Labute approximate surface area is 219 Å². The fourth-order valence-electron chi connectivity index (χ4n) is 6.09. The zero-order chi connectivity index (χ0) is 26.5. The molecule has 0 amide bonds. The van der Waals surface area contributed by atoms with E-state index < -0.39 is 5.41 Å². The van der Waals surface area contributed by atoms with Gasteiger partial charge in [-0.1, -0.05) is 98.6 Å². The fraction of sp³-hybridized carbons (Fsp3) is 0.750. The molecule has 4 heteroatoms. The predicted octanol–water partition coefficient (Wildman–Crippen LogP) is 8.21. The third kappa shape index (κ3) is 7.00. The first-order chi connectivity index (χ1) is 16.9. The minimum absolute atomic E-state index is 0.0145. The molecule has 4 nitrogen and oxygen atoms in total. The van der Waals surface area contributed by atoms with Crippen molar-refractivity contribution >= 4 is 11.8 Å². The van der Waals surface area contributed by atoms with Crippen LogP contribution in [0.1, 0.15) is 135 Å². The van der Waals surface area contributed by atoms with Gasteiger partial charge in [-0.25, -0.2) is 4.79 Å². The zero-order valence-electron chi connectivity index (χ0n) is 23.8. The normalized spacial score (nSPS) is 26.9. The van der Waals surface area contributed by atoms with Crippen molar-refractivity contribution in [1.82, 2.24) is 0 Å². The highest BCUT2D eigenvalue weighted by Crippen LogP contribution is 2.46. The Kier molecular flexibility index (Phi) is 9.46. The van der Waals surface area contributed by atoms with Crippen molar-refractivity contribution in [3.63, 3.8) is 0 Å². The Hall–Kier alpha value is -1.68. The van der Waals surface area contributed by atoms with Gasteiger partial charge in [-0.3, -0.25) is 4.79 Å². The summed E-state index contributed by atoms with van der Waals surface area (Å²) in [6, 6.07) is 7.69. The molecule has 202 valence electrons. The van der Waals surface area contributed by atoms with Crippen molar-refractivity contribution in [2.75, 3.05) is 13.2 Å². The summed E-state index contributed by atoms with van der Waals surface area (Å²) in [7, 11) is 0. The van der Waals surface area contributed by atoms with E-state index in [0.717, 1.165) is 63.4 Å². The lowest BCUT2D eigenvalue weighted by atomic mass is 9.69. The van der Waals surface area contributed by atoms with Gasteiger partial charge in [0.15, 0.2) is 5.78 Å². The Balaban J connectivity index is 1.87. The molecular weight excluding hydrogens is 448 g/mol. The Morgan fingerprint density at radius 3 is 1.94 bits per heavy atom. The highest BCUT2D eigenvalue weighted by molar-refractivity contribution is 5.92. The van der Waals surface area contributed by atoms with Crippen molar-refractivity contribution < 1.29 is 19.1 Å². The molecule has 2 saturated heterocycles. The van der Waals surface area contributed by atoms with Crippen LogP contribution >= 0.6 is 0 Å². The number of esters is 1. The van der Waals surface area contributed by atoms with Crippen LogP contribution in [0, 0.1) is 10.8 Å². The van der Waals surface area contributed by atoms with Gasteiger partial charge in [0.1, 0.15) is 6.61 Å². The molecule has 0 radical (unpaired) electrons. The third-order valence-corrected chi connectivity index (χ3v) is 8.76. The first-order valence-electron chi connectivity index (χ1n) is 14.3. The second kappa shape index (κ2) is 11.8. The number of hydrogen-bond acceptors (Lipinski definition) is 4. The van der Waals surface area contributed by atoms with Crippen LogP contribution in [0.25, 0.3) is 0 Å². The number of Topliss-reactive ketones (excluding diaryl/α,β-unsaturated/α-hetero) is 1. The smallest absolute Gasteiger partial charge is 0.338 e. The molecule has 0 N–H and O–H groups in total. The van der Waals surface area contributed by atoms with E-state index in [4.69, 9.17) is 9.47 Å². The summed E-state index contributed by atoms with van der Waals surface area (Å²) in [5, 5.41) is 0. The van der Waals surface area contributed by atoms with Crippen molar-refractivity contribution in [3.05, 3.63) is 35.4 Å². The van der Waals surface area contributed by atoms with Gasteiger partial charge in [0, 0.05) is 0 Å². The number of ether oxygens (including phenoxy) is 2. The lowest BCUT2D eigenvalue weighted by Gasteiger charge is -2.45. The third-order valence-electron chi connectivity index (χ3n) is 8.76. The summed E-state index contributed by atoms with van der Waals surface area (Å²) in [4.78, 5) is 26.6. The molecule has 2 aliphatic rings. The molecule has 0 saturated carbocycles. The molecule has 2 fully saturated rings. The van der Waals surface area contributed by atoms with E-state index in [-0.39, 0.29) is 34.8 Å². The average molecular weight is 499 g/mol. The van der Waals surface area contributed by atoms with Crippen LogP contribution in [-0.2, 0) is 19.7 Å². The van der Waals surface area contributed by atoms with Gasteiger partial charge in [-0.2, -0.15) is 0 Å². The molecule has 2 atom stereocenters. The van der Waals surface area contributed by atoms with Gasteiger partial charge in [-0.05, 0) is 60.6 Å². The lowest BCUT2D eigenvalue weighted by molar-refractivity contribution is -0.153. The molecule has 2 aliphatic heterocycles. The summed E-state index contributed by atoms with van der Waals surface area (Å²) < 4.78 is 12.2. The Morgan fingerprint density at radius 1 is 0.833 bits per heavy atom. The van der Waals surface area contributed by atoms with Crippen molar-refractivity contribution in [3.8, 4) is 0 Å². The maximum absolute atomic E-state index is 14.0. The number of fused-ring (bicyclic) bond motifs is 4. The number of carbonyl (C=O) groups excluding carboxylic acids is 2. The number of rotatable bonds is 4. The van der Waals surface area contributed by atoms with Crippen molar-refractivity contribution in [2.24, 2.45) is 10.8 Å². The first-order valence-corrected chi connectivity index (χ1v) is 14.3. The van der Waals surface area contributed by atoms with E-state index >= 15 is 0 Å². The molecular formula is C32H50O4. The molecule has 1 aromatic carbocycles. The van der Waals surface area contributed by atoms with Gasteiger partial charge in [0.05, 0.1) is 23.2 Å². The second-order valence-corrected chi connectivity index (χ2v) is 13.5. The number of ketones is 1. The first kappa shape index (κ1) is 28.9. The molecule has 2 bridgehead atoms. The van der Waals surface area contributed by atoms with E-state index in [1.165, 1.54) is 19.3 Å². The van der Waals surface area contributed by atoms with E-state index in [1.807, 2.05) is 24.3 Å². The average Bonchev–Trinajstić information content (AvgIpc) is 2.87. The lowest BCUT2D eigenvalue weighted by Crippen LogP contribution is -2.48. The zero-order valence-corrected chi connectivity index (χ0v) is 23.8. The number of carbonyl (C=O) groups is 2. The molecule has 1 aromatic rings. The maximum Gasteiger partial charge on any atom is 0.338 e. The standard InChI is InChI=1S/C32H50O4/c1-29(2,3)22-23-35-28(34)25-14-16-26(17-15-25)31-18-10-8-7-9-11-20-32(30(4,5)6,21-13-12-19-31)36-24-27(31)33/h14-17H,7-13,18-24H2,1-6H3. The Bertz CT molecular complexity index is 873. The second-order valence-electron chi connectivity index (χ2n) is 13.5. The maximum atomic E-state index is 14.0.